The van der Waals surface area contributed by atoms with Crippen molar-refractivity contribution in [3.8, 4) is 44.0 Å². The summed E-state index contributed by atoms with van der Waals surface area (Å²) in [6.45, 7) is 2.57. The molecule has 0 radical (unpaired) electrons. The minimum Gasteiger partial charge on any atom is -0.481 e. The molecule has 10 nitrogen and oxygen atoms in total. The summed E-state index contributed by atoms with van der Waals surface area (Å²) in [5.41, 5.74) is 5.14. The van der Waals surface area contributed by atoms with E-state index in [4.69, 9.17) is 31.0 Å². The average Bonchev–Trinajstić information content (AvgIpc) is 3.83. The maximum absolute atomic E-state index is 11.5. The van der Waals surface area contributed by atoms with E-state index in [-0.39, 0.29) is 23.9 Å². The number of amides is 2. The SMILES string of the molecule is COc1nc(-c2ccc(-c3cccc(-c4ccc(CNC[C@@H]5CCC(=O)N5)c(OC)n4)c3Cl)s2)ccc1CNC[C@@H]1CCC(=O)N1. The Balaban J connectivity index is 1.14. The van der Waals surface area contributed by atoms with Gasteiger partial charge in [0.2, 0.25) is 23.6 Å². The Labute approximate surface area is 277 Å². The molecule has 1 aromatic carbocycles. The van der Waals surface area contributed by atoms with Crippen molar-refractivity contribution in [1.82, 2.24) is 31.2 Å². The van der Waals surface area contributed by atoms with E-state index in [0.29, 0.717) is 55.8 Å². The lowest BCUT2D eigenvalue weighted by atomic mass is 10.1. The zero-order chi connectivity index (χ0) is 32.0. The molecule has 4 aromatic rings. The van der Waals surface area contributed by atoms with Crippen LogP contribution in [0, 0.1) is 0 Å². The molecule has 2 atom stereocenters. The molecule has 240 valence electrons. The number of methoxy groups -OCH3 is 2. The van der Waals surface area contributed by atoms with Gasteiger partial charge in [0.25, 0.3) is 0 Å². The molecule has 0 aliphatic carbocycles. The van der Waals surface area contributed by atoms with E-state index in [2.05, 4.69) is 27.3 Å². The Kier molecular flexibility index (Phi) is 10.1. The maximum Gasteiger partial charge on any atom is 0.220 e. The number of benzene rings is 1. The largest absolute Gasteiger partial charge is 0.481 e. The first-order valence-corrected chi connectivity index (χ1v) is 16.6. The van der Waals surface area contributed by atoms with Crippen LogP contribution in [0.25, 0.3) is 32.3 Å². The molecule has 6 rings (SSSR count). The van der Waals surface area contributed by atoms with E-state index in [1.807, 2.05) is 48.5 Å². The maximum atomic E-state index is 11.5. The standard InChI is InChI=1S/C34H37ClN6O4S/c1-44-33-20(16-36-18-22-8-14-30(42)38-22)6-10-26(40-33)24-4-3-5-25(32(24)35)28-12-13-29(46-28)27-11-7-21(34(41-27)45-2)17-37-19-23-9-15-31(43)39-23/h3-7,10-13,22-23,36-37H,8-9,14-19H2,1-2H3,(H,38,42)(H,39,43)/t22-,23-/m0/s1. The highest BCUT2D eigenvalue weighted by molar-refractivity contribution is 7.18. The average molecular weight is 661 g/mol. The van der Waals surface area contributed by atoms with Crippen molar-refractivity contribution in [1.29, 1.82) is 0 Å². The van der Waals surface area contributed by atoms with Gasteiger partial charge in [0.05, 0.1) is 35.5 Å². The molecule has 0 saturated carbocycles. The van der Waals surface area contributed by atoms with Gasteiger partial charge in [-0.05, 0) is 37.1 Å². The van der Waals surface area contributed by atoms with Crippen LogP contribution in [-0.4, -0.2) is 61.2 Å². The van der Waals surface area contributed by atoms with Crippen molar-refractivity contribution in [2.24, 2.45) is 0 Å². The number of carbonyl (C=O) groups is 2. The zero-order valence-electron chi connectivity index (χ0n) is 25.8. The Morgan fingerprint density at radius 1 is 0.761 bits per heavy atom. The summed E-state index contributed by atoms with van der Waals surface area (Å²) in [4.78, 5) is 34.5. The minimum atomic E-state index is 0.108. The molecule has 12 heteroatoms. The molecular weight excluding hydrogens is 624 g/mol. The van der Waals surface area contributed by atoms with E-state index in [9.17, 15) is 9.59 Å². The van der Waals surface area contributed by atoms with Crippen LogP contribution in [0.5, 0.6) is 11.8 Å². The van der Waals surface area contributed by atoms with Gasteiger partial charge >= 0.3 is 0 Å². The van der Waals surface area contributed by atoms with Crippen LogP contribution in [0.4, 0.5) is 0 Å². The van der Waals surface area contributed by atoms with Crippen molar-refractivity contribution in [2.75, 3.05) is 27.3 Å². The highest BCUT2D eigenvalue weighted by Gasteiger charge is 2.22. The van der Waals surface area contributed by atoms with Crippen molar-refractivity contribution < 1.29 is 19.1 Å². The smallest absolute Gasteiger partial charge is 0.220 e. The Bertz CT molecular complexity index is 1730. The van der Waals surface area contributed by atoms with Crippen LogP contribution in [0.2, 0.25) is 5.02 Å². The summed E-state index contributed by atoms with van der Waals surface area (Å²) in [7, 11) is 3.24. The Morgan fingerprint density at radius 2 is 1.30 bits per heavy atom. The molecule has 3 aromatic heterocycles. The monoisotopic (exact) mass is 660 g/mol. The van der Waals surface area contributed by atoms with E-state index in [0.717, 1.165) is 56.2 Å². The first-order valence-electron chi connectivity index (χ1n) is 15.4. The fourth-order valence-corrected chi connectivity index (χ4v) is 7.20. The van der Waals surface area contributed by atoms with Crippen LogP contribution >= 0.6 is 22.9 Å². The number of hydrogen-bond acceptors (Lipinski definition) is 9. The van der Waals surface area contributed by atoms with Gasteiger partial charge in [-0.3, -0.25) is 9.59 Å². The van der Waals surface area contributed by atoms with Crippen molar-refractivity contribution in [2.45, 2.75) is 50.9 Å². The van der Waals surface area contributed by atoms with Crippen LogP contribution in [0.1, 0.15) is 36.8 Å². The summed E-state index contributed by atoms with van der Waals surface area (Å²) in [6.07, 6.45) is 2.87. The van der Waals surface area contributed by atoms with Gasteiger partial charge in [-0.1, -0.05) is 41.9 Å². The number of aromatic nitrogens is 2. The lowest BCUT2D eigenvalue weighted by molar-refractivity contribution is -0.120. The van der Waals surface area contributed by atoms with E-state index < -0.39 is 0 Å². The molecule has 2 amide bonds. The molecule has 0 bridgehead atoms. The summed E-state index contributed by atoms with van der Waals surface area (Å²) >= 11 is 8.63. The van der Waals surface area contributed by atoms with E-state index in [1.165, 1.54) is 0 Å². The summed E-state index contributed by atoms with van der Waals surface area (Å²) in [6, 6.07) is 18.4. The molecule has 2 fully saturated rings. The number of nitrogens with one attached hydrogen (secondary N) is 4. The first-order chi connectivity index (χ1) is 22.4. The fourth-order valence-electron chi connectivity index (χ4n) is 5.81. The van der Waals surface area contributed by atoms with Gasteiger partial charge in [-0.2, -0.15) is 0 Å². The lowest BCUT2D eigenvalue weighted by Crippen LogP contribution is -2.35. The number of halogens is 1. The van der Waals surface area contributed by atoms with Crippen LogP contribution < -0.4 is 30.7 Å². The van der Waals surface area contributed by atoms with E-state index >= 15 is 0 Å². The first kappa shape index (κ1) is 31.9. The topological polar surface area (TPSA) is 126 Å². The summed E-state index contributed by atoms with van der Waals surface area (Å²) < 4.78 is 11.3. The van der Waals surface area contributed by atoms with Gasteiger partial charge in [-0.25, -0.2) is 9.97 Å². The molecular formula is C34H37ClN6O4S. The van der Waals surface area contributed by atoms with Crippen molar-refractivity contribution in [3.63, 3.8) is 0 Å². The van der Waals surface area contributed by atoms with Crippen molar-refractivity contribution >= 4 is 34.8 Å². The third kappa shape index (κ3) is 7.33. The molecule has 4 N–H and O–H groups in total. The zero-order valence-corrected chi connectivity index (χ0v) is 27.4. The summed E-state index contributed by atoms with van der Waals surface area (Å²) in [5, 5.41) is 13.4. The highest BCUT2D eigenvalue weighted by Crippen LogP contribution is 2.41. The number of carbonyl (C=O) groups excluding carboxylic acids is 2. The molecule has 0 unspecified atom stereocenters. The van der Waals surface area contributed by atoms with Gasteiger partial charge in [0.15, 0.2) is 0 Å². The number of thiophene rings is 1. The number of nitrogens with zero attached hydrogens (tertiary/aromatic N) is 2. The third-order valence-corrected chi connectivity index (χ3v) is 9.79. The van der Waals surface area contributed by atoms with Gasteiger partial charge < -0.3 is 30.7 Å². The van der Waals surface area contributed by atoms with Gasteiger partial charge in [0, 0.05) is 78.2 Å². The van der Waals surface area contributed by atoms with Gasteiger partial charge in [0.1, 0.15) is 0 Å². The molecule has 2 saturated heterocycles. The second-order valence-electron chi connectivity index (χ2n) is 11.4. The predicted molar refractivity (Wildman–Crippen MR) is 180 cm³/mol. The molecule has 5 heterocycles. The predicted octanol–water partition coefficient (Wildman–Crippen LogP) is 4.95. The third-order valence-electron chi connectivity index (χ3n) is 8.25. The van der Waals surface area contributed by atoms with Gasteiger partial charge in [-0.15, -0.1) is 11.3 Å². The van der Waals surface area contributed by atoms with Crippen LogP contribution in [0.3, 0.4) is 0 Å². The minimum absolute atomic E-state index is 0.108. The van der Waals surface area contributed by atoms with Crippen LogP contribution in [-0.2, 0) is 22.7 Å². The number of hydrogen-bond donors (Lipinski definition) is 4. The molecule has 2 aliphatic heterocycles. The number of ether oxygens (including phenoxy) is 2. The van der Waals surface area contributed by atoms with E-state index in [1.54, 1.807) is 25.6 Å². The molecule has 2 aliphatic rings. The Morgan fingerprint density at radius 3 is 1.87 bits per heavy atom. The highest BCUT2D eigenvalue weighted by atomic mass is 35.5. The summed E-state index contributed by atoms with van der Waals surface area (Å²) in [5.74, 6) is 1.32. The van der Waals surface area contributed by atoms with Crippen molar-refractivity contribution in [3.05, 3.63) is 70.7 Å². The Hall–Kier alpha value is -4.03. The second kappa shape index (κ2) is 14.6. The fraction of sp³-hybridized carbons (Fsp3) is 0.353. The molecule has 46 heavy (non-hydrogen) atoms. The number of pyridine rings is 2. The quantitative estimate of drug-likeness (QED) is 0.159. The number of rotatable bonds is 13. The lowest BCUT2D eigenvalue weighted by Gasteiger charge is -2.14. The van der Waals surface area contributed by atoms with Crippen LogP contribution in [0.15, 0.2) is 54.6 Å². The molecule has 0 spiro atoms. The second-order valence-corrected chi connectivity index (χ2v) is 12.9. The normalized spacial score (nSPS) is 17.6.